The normalized spacial score (nSPS) is 26.9. The van der Waals surface area contributed by atoms with Gasteiger partial charge in [0.15, 0.2) is 0 Å². The molecule has 1 saturated carbocycles. The van der Waals surface area contributed by atoms with Crippen LogP contribution in [0, 0.1) is 5.92 Å². The van der Waals surface area contributed by atoms with Crippen LogP contribution in [0.5, 0.6) is 0 Å². The Morgan fingerprint density at radius 1 is 1.33 bits per heavy atom. The molecular formula is C15H24N2O2S2. The first-order valence-corrected chi connectivity index (χ1v) is 10.2. The average molecular weight is 329 g/mol. The van der Waals surface area contributed by atoms with Crippen molar-refractivity contribution < 1.29 is 8.42 Å². The number of fused-ring (bicyclic) bond motifs is 1. The monoisotopic (exact) mass is 328 g/mol. The van der Waals surface area contributed by atoms with Gasteiger partial charge in [-0.3, -0.25) is 0 Å². The zero-order valence-electron chi connectivity index (χ0n) is 12.5. The van der Waals surface area contributed by atoms with E-state index in [0.717, 1.165) is 30.8 Å². The molecule has 2 unspecified atom stereocenters. The van der Waals surface area contributed by atoms with Crippen molar-refractivity contribution in [2.24, 2.45) is 5.92 Å². The van der Waals surface area contributed by atoms with Crippen LogP contribution in [0.3, 0.4) is 0 Å². The third-order valence-electron chi connectivity index (χ3n) is 4.74. The van der Waals surface area contributed by atoms with Crippen LogP contribution in [0.25, 0.3) is 0 Å². The molecule has 21 heavy (non-hydrogen) atoms. The van der Waals surface area contributed by atoms with Crippen LogP contribution in [-0.2, 0) is 16.6 Å². The fourth-order valence-corrected chi connectivity index (χ4v) is 6.60. The lowest BCUT2D eigenvalue weighted by Crippen LogP contribution is -2.39. The van der Waals surface area contributed by atoms with Crippen LogP contribution >= 0.6 is 11.3 Å². The summed E-state index contributed by atoms with van der Waals surface area (Å²) < 4.78 is 27.6. The molecule has 2 fully saturated rings. The van der Waals surface area contributed by atoms with E-state index in [1.807, 2.05) is 6.07 Å². The highest BCUT2D eigenvalue weighted by molar-refractivity contribution is 7.89. The number of thiophene rings is 1. The van der Waals surface area contributed by atoms with E-state index in [1.165, 1.54) is 30.6 Å². The maximum atomic E-state index is 12.9. The molecule has 1 aromatic rings. The molecule has 1 aromatic heterocycles. The van der Waals surface area contributed by atoms with Gasteiger partial charge in [0.25, 0.3) is 0 Å². The maximum absolute atomic E-state index is 12.9. The SMILES string of the molecule is CCNCc1cc(S(=O)(=O)N2CCC3CCCCC32)cs1. The quantitative estimate of drug-likeness (QED) is 0.904. The summed E-state index contributed by atoms with van der Waals surface area (Å²) in [5, 5.41) is 5.05. The van der Waals surface area contributed by atoms with Crippen molar-refractivity contribution in [3.63, 3.8) is 0 Å². The summed E-state index contributed by atoms with van der Waals surface area (Å²) in [5.41, 5.74) is 0. The van der Waals surface area contributed by atoms with Crippen molar-refractivity contribution in [2.75, 3.05) is 13.1 Å². The predicted molar refractivity (Wildman–Crippen MR) is 86.0 cm³/mol. The van der Waals surface area contributed by atoms with Gasteiger partial charge in [0, 0.05) is 29.4 Å². The minimum Gasteiger partial charge on any atom is -0.312 e. The van der Waals surface area contributed by atoms with Gasteiger partial charge >= 0.3 is 0 Å². The van der Waals surface area contributed by atoms with Gasteiger partial charge < -0.3 is 5.32 Å². The first-order chi connectivity index (χ1) is 10.1. The average Bonchev–Trinajstić information content (AvgIpc) is 3.12. The first-order valence-electron chi connectivity index (χ1n) is 7.93. The van der Waals surface area contributed by atoms with Gasteiger partial charge in [-0.15, -0.1) is 11.3 Å². The Bertz CT molecular complexity index is 582. The molecule has 6 heteroatoms. The van der Waals surface area contributed by atoms with E-state index in [1.54, 1.807) is 9.69 Å². The lowest BCUT2D eigenvalue weighted by atomic mass is 9.86. The Kier molecular flexibility index (Phi) is 4.69. The van der Waals surface area contributed by atoms with Crippen molar-refractivity contribution in [2.45, 2.75) is 56.5 Å². The second kappa shape index (κ2) is 6.36. The van der Waals surface area contributed by atoms with E-state index in [4.69, 9.17) is 0 Å². The third kappa shape index (κ3) is 3.04. The van der Waals surface area contributed by atoms with Gasteiger partial charge in [-0.05, 0) is 37.8 Å². The molecule has 0 amide bonds. The van der Waals surface area contributed by atoms with E-state index in [2.05, 4.69) is 12.2 Å². The molecule has 2 aliphatic rings. The number of nitrogens with one attached hydrogen (secondary N) is 1. The standard InChI is InChI=1S/C15H24N2O2S2/c1-2-16-10-13-9-14(11-20-13)21(18,19)17-8-7-12-5-3-4-6-15(12)17/h9,11-12,15-16H,2-8,10H2,1H3. The Labute approximate surface area is 131 Å². The highest BCUT2D eigenvalue weighted by Gasteiger charge is 2.42. The Morgan fingerprint density at radius 2 is 2.14 bits per heavy atom. The van der Waals surface area contributed by atoms with E-state index in [9.17, 15) is 8.42 Å². The summed E-state index contributed by atoms with van der Waals surface area (Å²) in [6.45, 7) is 4.41. The molecular weight excluding hydrogens is 304 g/mol. The van der Waals surface area contributed by atoms with Crippen molar-refractivity contribution in [3.8, 4) is 0 Å². The van der Waals surface area contributed by atoms with E-state index in [0.29, 0.717) is 17.4 Å². The molecule has 1 aliphatic heterocycles. The molecule has 0 aromatic carbocycles. The molecule has 2 heterocycles. The summed E-state index contributed by atoms with van der Waals surface area (Å²) >= 11 is 1.54. The van der Waals surface area contributed by atoms with Crippen molar-refractivity contribution >= 4 is 21.4 Å². The summed E-state index contributed by atoms with van der Waals surface area (Å²) in [4.78, 5) is 1.58. The van der Waals surface area contributed by atoms with Gasteiger partial charge in [0.1, 0.15) is 0 Å². The van der Waals surface area contributed by atoms with Crippen LogP contribution < -0.4 is 5.32 Å². The fourth-order valence-electron chi connectivity index (χ4n) is 3.63. The van der Waals surface area contributed by atoms with Gasteiger partial charge in [-0.2, -0.15) is 4.31 Å². The Hall–Kier alpha value is -0.430. The van der Waals surface area contributed by atoms with Crippen molar-refractivity contribution in [1.29, 1.82) is 0 Å². The number of sulfonamides is 1. The topological polar surface area (TPSA) is 49.4 Å². The molecule has 0 spiro atoms. The molecule has 118 valence electrons. The van der Waals surface area contributed by atoms with Gasteiger partial charge in [-0.1, -0.05) is 19.8 Å². The largest absolute Gasteiger partial charge is 0.312 e. The van der Waals surface area contributed by atoms with Crippen LogP contribution in [-0.4, -0.2) is 31.9 Å². The first kappa shape index (κ1) is 15.5. The van der Waals surface area contributed by atoms with Gasteiger partial charge in [0.05, 0.1) is 4.90 Å². The lowest BCUT2D eigenvalue weighted by Gasteiger charge is -2.30. The molecule has 3 rings (SSSR count). The molecule has 1 N–H and O–H groups in total. The Morgan fingerprint density at radius 3 is 2.95 bits per heavy atom. The second-order valence-corrected chi connectivity index (χ2v) is 8.93. The lowest BCUT2D eigenvalue weighted by molar-refractivity contribution is 0.260. The van der Waals surface area contributed by atoms with Crippen LogP contribution in [0.4, 0.5) is 0 Å². The zero-order chi connectivity index (χ0) is 14.9. The summed E-state index contributed by atoms with van der Waals surface area (Å²) in [5.74, 6) is 0.591. The highest BCUT2D eigenvalue weighted by Crippen LogP contribution is 2.39. The highest BCUT2D eigenvalue weighted by atomic mass is 32.2. The number of rotatable bonds is 5. The summed E-state index contributed by atoms with van der Waals surface area (Å²) in [7, 11) is -3.30. The number of hydrogen-bond acceptors (Lipinski definition) is 4. The van der Waals surface area contributed by atoms with Crippen LogP contribution in [0.1, 0.15) is 43.9 Å². The van der Waals surface area contributed by atoms with Crippen LogP contribution in [0.15, 0.2) is 16.3 Å². The predicted octanol–water partition coefficient (Wildman–Crippen LogP) is 2.81. The third-order valence-corrected chi connectivity index (χ3v) is 7.73. The van der Waals surface area contributed by atoms with Gasteiger partial charge in [0.2, 0.25) is 10.0 Å². The molecule has 1 saturated heterocycles. The smallest absolute Gasteiger partial charge is 0.244 e. The van der Waals surface area contributed by atoms with Crippen LogP contribution in [0.2, 0.25) is 0 Å². The fraction of sp³-hybridized carbons (Fsp3) is 0.733. The van der Waals surface area contributed by atoms with Crippen molar-refractivity contribution in [3.05, 3.63) is 16.3 Å². The van der Waals surface area contributed by atoms with Gasteiger partial charge in [-0.25, -0.2) is 8.42 Å². The molecule has 4 nitrogen and oxygen atoms in total. The van der Waals surface area contributed by atoms with E-state index in [-0.39, 0.29) is 6.04 Å². The molecule has 0 bridgehead atoms. The molecule has 0 radical (unpaired) electrons. The van der Waals surface area contributed by atoms with E-state index < -0.39 is 10.0 Å². The molecule has 2 atom stereocenters. The minimum absolute atomic E-state index is 0.251. The van der Waals surface area contributed by atoms with Crippen molar-refractivity contribution in [1.82, 2.24) is 9.62 Å². The summed E-state index contributed by atoms with van der Waals surface area (Å²) in [6.07, 6.45) is 5.71. The number of hydrogen-bond donors (Lipinski definition) is 1. The Balaban J connectivity index is 1.78. The maximum Gasteiger partial charge on any atom is 0.244 e. The zero-order valence-corrected chi connectivity index (χ0v) is 14.2. The minimum atomic E-state index is -3.30. The second-order valence-electron chi connectivity index (χ2n) is 6.05. The molecule has 1 aliphatic carbocycles. The summed E-state index contributed by atoms with van der Waals surface area (Å²) in [6, 6.07) is 2.10. The van der Waals surface area contributed by atoms with E-state index >= 15 is 0 Å². The number of nitrogens with zero attached hydrogens (tertiary/aromatic N) is 1.